The molecule has 0 saturated carbocycles. The Labute approximate surface area is 111 Å². The lowest BCUT2D eigenvalue weighted by Gasteiger charge is -2.06. The normalized spacial score (nSPS) is 10.3. The molecule has 7 heteroatoms. The highest BCUT2D eigenvalue weighted by molar-refractivity contribution is 9.10. The highest BCUT2D eigenvalue weighted by Gasteiger charge is 2.14. The van der Waals surface area contributed by atoms with Crippen molar-refractivity contribution in [3.8, 4) is 0 Å². The number of aromatic nitrogens is 2. The van der Waals surface area contributed by atoms with Gasteiger partial charge in [0.25, 0.3) is 5.91 Å². The van der Waals surface area contributed by atoms with Crippen LogP contribution in [-0.2, 0) is 6.42 Å². The molecule has 1 aromatic heterocycles. The van der Waals surface area contributed by atoms with Crippen LogP contribution in [0.15, 0.2) is 33.5 Å². The molecule has 0 radical (unpaired) electrons. The minimum Gasteiger partial charge on any atom is -0.351 e. The van der Waals surface area contributed by atoms with Gasteiger partial charge in [-0.3, -0.25) is 4.79 Å². The van der Waals surface area contributed by atoms with Gasteiger partial charge < -0.3 is 9.84 Å². The molecule has 0 fully saturated rings. The smallest absolute Gasteiger partial charge is 0.255 e. The molecule has 1 amide bonds. The van der Waals surface area contributed by atoms with Crippen molar-refractivity contribution in [2.45, 2.75) is 6.42 Å². The van der Waals surface area contributed by atoms with E-state index in [4.69, 9.17) is 4.52 Å². The molecule has 0 saturated heterocycles. The van der Waals surface area contributed by atoms with Gasteiger partial charge in [0.05, 0.1) is 5.56 Å². The summed E-state index contributed by atoms with van der Waals surface area (Å²) in [5.74, 6) is -0.637. The van der Waals surface area contributed by atoms with Crippen LogP contribution in [0.5, 0.6) is 0 Å². The van der Waals surface area contributed by atoms with Gasteiger partial charge in [0, 0.05) is 17.4 Å². The van der Waals surface area contributed by atoms with Crippen LogP contribution in [-0.4, -0.2) is 22.6 Å². The van der Waals surface area contributed by atoms with Crippen molar-refractivity contribution in [3.05, 3.63) is 46.3 Å². The van der Waals surface area contributed by atoms with E-state index in [-0.39, 0.29) is 5.56 Å². The Morgan fingerprint density at radius 1 is 1.50 bits per heavy atom. The first-order valence-corrected chi connectivity index (χ1v) is 5.95. The topological polar surface area (TPSA) is 68.0 Å². The lowest BCUT2D eigenvalue weighted by Crippen LogP contribution is -2.27. The highest BCUT2D eigenvalue weighted by atomic mass is 79.9. The molecular weight excluding hydrogens is 305 g/mol. The van der Waals surface area contributed by atoms with Gasteiger partial charge in [0.2, 0.25) is 5.89 Å². The fourth-order valence-corrected chi connectivity index (χ4v) is 1.91. The molecule has 1 N–H and O–H groups in total. The molecule has 0 aliphatic rings. The molecule has 94 valence electrons. The number of carbonyl (C=O) groups is 1. The predicted octanol–water partition coefficient (Wildman–Crippen LogP) is 1.94. The fraction of sp³-hybridized carbons (Fsp3) is 0.182. The van der Waals surface area contributed by atoms with Gasteiger partial charge in [-0.25, -0.2) is 4.39 Å². The first-order chi connectivity index (χ1) is 8.68. The van der Waals surface area contributed by atoms with Crippen LogP contribution in [0.4, 0.5) is 4.39 Å². The van der Waals surface area contributed by atoms with E-state index in [1.54, 1.807) is 6.07 Å². The number of carbonyl (C=O) groups excluding carboxylic acids is 1. The quantitative estimate of drug-likeness (QED) is 0.936. The van der Waals surface area contributed by atoms with Crippen molar-refractivity contribution in [2.75, 3.05) is 6.54 Å². The molecule has 1 heterocycles. The minimum atomic E-state index is -0.570. The summed E-state index contributed by atoms with van der Waals surface area (Å²) in [6, 6.07) is 4.36. The van der Waals surface area contributed by atoms with Gasteiger partial charge >= 0.3 is 0 Å². The average molecular weight is 314 g/mol. The molecule has 5 nitrogen and oxygen atoms in total. The molecule has 0 bridgehead atoms. The molecule has 0 aliphatic heterocycles. The molecule has 0 aliphatic carbocycles. The number of hydrogen-bond acceptors (Lipinski definition) is 4. The van der Waals surface area contributed by atoms with E-state index >= 15 is 0 Å². The Balaban J connectivity index is 1.96. The van der Waals surface area contributed by atoms with Gasteiger partial charge in [-0.15, -0.1) is 0 Å². The Kier molecular flexibility index (Phi) is 4.03. The van der Waals surface area contributed by atoms with Crippen molar-refractivity contribution in [3.63, 3.8) is 0 Å². The van der Waals surface area contributed by atoms with Crippen LogP contribution < -0.4 is 5.32 Å². The van der Waals surface area contributed by atoms with E-state index in [0.717, 1.165) is 0 Å². The third-order valence-electron chi connectivity index (χ3n) is 2.22. The summed E-state index contributed by atoms with van der Waals surface area (Å²) < 4.78 is 18.7. The van der Waals surface area contributed by atoms with Crippen molar-refractivity contribution < 1.29 is 13.7 Å². The number of halogens is 2. The zero-order valence-electron chi connectivity index (χ0n) is 9.19. The van der Waals surface area contributed by atoms with Crippen LogP contribution in [0, 0.1) is 5.82 Å². The number of nitrogens with zero attached hydrogens (tertiary/aromatic N) is 2. The van der Waals surface area contributed by atoms with Crippen LogP contribution >= 0.6 is 15.9 Å². The Morgan fingerprint density at radius 3 is 3.00 bits per heavy atom. The predicted molar refractivity (Wildman–Crippen MR) is 64.4 cm³/mol. The van der Waals surface area contributed by atoms with Crippen LogP contribution in [0.3, 0.4) is 0 Å². The Bertz CT molecular complexity index is 525. The third kappa shape index (κ3) is 2.92. The number of benzene rings is 1. The van der Waals surface area contributed by atoms with Crippen LogP contribution in [0.1, 0.15) is 16.2 Å². The van der Waals surface area contributed by atoms with E-state index < -0.39 is 11.7 Å². The maximum atomic E-state index is 13.5. The maximum Gasteiger partial charge on any atom is 0.255 e. The van der Waals surface area contributed by atoms with Crippen molar-refractivity contribution >= 4 is 21.8 Å². The van der Waals surface area contributed by atoms with Gasteiger partial charge in [0.15, 0.2) is 6.33 Å². The number of rotatable bonds is 4. The maximum absolute atomic E-state index is 13.5. The zero-order chi connectivity index (χ0) is 13.0. The number of nitrogens with one attached hydrogen (secondary N) is 1. The standard InChI is InChI=1S/C11H9BrFN3O2/c12-7-2-1-3-8(13)10(7)11(17)14-5-4-9-15-6-16-18-9/h1-3,6H,4-5H2,(H,14,17). The lowest BCUT2D eigenvalue weighted by atomic mass is 10.2. The summed E-state index contributed by atoms with van der Waals surface area (Å²) in [6.45, 7) is 0.293. The minimum absolute atomic E-state index is 0.0111. The largest absolute Gasteiger partial charge is 0.351 e. The molecule has 2 rings (SSSR count). The first-order valence-electron chi connectivity index (χ1n) is 5.16. The van der Waals surface area contributed by atoms with Crippen LogP contribution in [0.2, 0.25) is 0 Å². The zero-order valence-corrected chi connectivity index (χ0v) is 10.8. The van der Waals surface area contributed by atoms with Gasteiger partial charge in [0.1, 0.15) is 5.82 Å². The van der Waals surface area contributed by atoms with Gasteiger partial charge in [-0.05, 0) is 28.1 Å². The van der Waals surface area contributed by atoms with E-state index in [1.165, 1.54) is 18.5 Å². The second-order valence-electron chi connectivity index (χ2n) is 3.44. The summed E-state index contributed by atoms with van der Waals surface area (Å²) in [5, 5.41) is 6.02. The van der Waals surface area contributed by atoms with E-state index in [0.29, 0.717) is 23.3 Å². The molecule has 18 heavy (non-hydrogen) atoms. The first kappa shape index (κ1) is 12.7. The summed E-state index contributed by atoms with van der Waals surface area (Å²) >= 11 is 3.14. The van der Waals surface area contributed by atoms with E-state index in [9.17, 15) is 9.18 Å². The molecule has 0 spiro atoms. The lowest BCUT2D eigenvalue weighted by molar-refractivity contribution is 0.0948. The second-order valence-corrected chi connectivity index (χ2v) is 4.29. The second kappa shape index (κ2) is 5.72. The summed E-state index contributed by atoms with van der Waals surface area (Å²) in [4.78, 5) is 15.6. The Morgan fingerprint density at radius 2 is 2.33 bits per heavy atom. The molecule has 1 aromatic carbocycles. The Hall–Kier alpha value is -1.76. The van der Waals surface area contributed by atoms with Crippen LogP contribution in [0.25, 0.3) is 0 Å². The highest BCUT2D eigenvalue weighted by Crippen LogP contribution is 2.19. The third-order valence-corrected chi connectivity index (χ3v) is 2.88. The monoisotopic (exact) mass is 313 g/mol. The summed E-state index contributed by atoms with van der Waals surface area (Å²) in [5.41, 5.74) is -0.0111. The van der Waals surface area contributed by atoms with Crippen molar-refractivity contribution in [2.24, 2.45) is 0 Å². The van der Waals surface area contributed by atoms with Gasteiger partial charge in [-0.2, -0.15) is 4.98 Å². The molecule has 2 aromatic rings. The van der Waals surface area contributed by atoms with E-state index in [1.807, 2.05) is 0 Å². The number of amides is 1. The number of hydrogen-bond donors (Lipinski definition) is 1. The van der Waals surface area contributed by atoms with Crippen molar-refractivity contribution in [1.82, 2.24) is 15.5 Å². The van der Waals surface area contributed by atoms with Gasteiger partial charge in [-0.1, -0.05) is 11.2 Å². The molecule has 0 atom stereocenters. The molecule has 0 unspecified atom stereocenters. The summed E-state index contributed by atoms with van der Waals surface area (Å²) in [7, 11) is 0. The summed E-state index contributed by atoms with van der Waals surface area (Å²) in [6.07, 6.45) is 1.68. The van der Waals surface area contributed by atoms with Crippen molar-refractivity contribution in [1.29, 1.82) is 0 Å². The fourth-order valence-electron chi connectivity index (χ4n) is 1.39. The molecular formula is C11H9BrFN3O2. The average Bonchev–Trinajstić information content (AvgIpc) is 2.82. The van der Waals surface area contributed by atoms with E-state index in [2.05, 4.69) is 31.4 Å². The SMILES string of the molecule is O=C(NCCc1ncno1)c1c(F)cccc1Br.